The quantitative estimate of drug-likeness (QED) is 0.766. The fourth-order valence-corrected chi connectivity index (χ4v) is 4.90. The molecule has 0 aromatic heterocycles. The van der Waals surface area contributed by atoms with E-state index < -0.39 is 16.1 Å². The van der Waals surface area contributed by atoms with Crippen molar-refractivity contribution in [2.45, 2.75) is 70.4 Å². The number of ether oxygens (including phenoxy) is 1. The van der Waals surface area contributed by atoms with Crippen LogP contribution in [0.15, 0.2) is 24.3 Å². The van der Waals surface area contributed by atoms with Gasteiger partial charge in [-0.3, -0.25) is 9.10 Å². The molecule has 1 aliphatic carbocycles. The summed E-state index contributed by atoms with van der Waals surface area (Å²) in [6, 6.07) is 6.11. The van der Waals surface area contributed by atoms with Gasteiger partial charge in [0.1, 0.15) is 11.8 Å². The predicted octanol–water partition coefficient (Wildman–Crippen LogP) is 3.47. The number of sulfonamides is 1. The standard InChI is InChI=1S/C20H32N2O4S/c1-4-19(20(23)21-16-10-8-6-5-7-9-11-16)22(27(3,24)25)17-12-14-18(26-2)15-13-17/h12-16,19H,4-11H2,1-3H3,(H,21,23)/t19-/m0/s1. The third kappa shape index (κ3) is 6.13. The minimum atomic E-state index is -3.62. The minimum absolute atomic E-state index is 0.129. The summed E-state index contributed by atoms with van der Waals surface area (Å²) in [4.78, 5) is 13.0. The highest BCUT2D eigenvalue weighted by Crippen LogP contribution is 2.25. The second-order valence-corrected chi connectivity index (χ2v) is 9.09. The fourth-order valence-electron chi connectivity index (χ4n) is 3.69. The van der Waals surface area contributed by atoms with Crippen LogP contribution in [0, 0.1) is 0 Å². The third-order valence-corrected chi connectivity index (χ3v) is 6.29. The van der Waals surface area contributed by atoms with Gasteiger partial charge in [0.05, 0.1) is 19.1 Å². The van der Waals surface area contributed by atoms with Crippen molar-refractivity contribution in [1.82, 2.24) is 5.32 Å². The number of nitrogens with zero attached hydrogens (tertiary/aromatic N) is 1. The van der Waals surface area contributed by atoms with Gasteiger partial charge in [-0.15, -0.1) is 0 Å². The molecule has 7 heteroatoms. The van der Waals surface area contributed by atoms with Gasteiger partial charge < -0.3 is 10.1 Å². The van der Waals surface area contributed by atoms with Crippen molar-refractivity contribution in [1.29, 1.82) is 0 Å². The molecule has 0 aliphatic heterocycles. The topological polar surface area (TPSA) is 75.7 Å². The number of hydrogen-bond donors (Lipinski definition) is 1. The zero-order valence-corrected chi connectivity index (χ0v) is 17.4. The van der Waals surface area contributed by atoms with Crippen molar-refractivity contribution < 1.29 is 17.9 Å². The lowest BCUT2D eigenvalue weighted by Crippen LogP contribution is -2.51. The van der Waals surface area contributed by atoms with Gasteiger partial charge in [-0.05, 0) is 43.5 Å². The molecule has 0 bridgehead atoms. The van der Waals surface area contributed by atoms with Crippen molar-refractivity contribution >= 4 is 21.6 Å². The lowest BCUT2D eigenvalue weighted by atomic mass is 9.96. The van der Waals surface area contributed by atoms with E-state index in [1.165, 1.54) is 23.6 Å². The molecule has 1 N–H and O–H groups in total. The van der Waals surface area contributed by atoms with Gasteiger partial charge in [0.15, 0.2) is 0 Å². The van der Waals surface area contributed by atoms with Crippen LogP contribution in [0.3, 0.4) is 0 Å². The number of hydrogen-bond acceptors (Lipinski definition) is 4. The lowest BCUT2D eigenvalue weighted by Gasteiger charge is -2.32. The molecule has 0 unspecified atom stereocenters. The van der Waals surface area contributed by atoms with Gasteiger partial charge >= 0.3 is 0 Å². The number of carbonyl (C=O) groups excluding carboxylic acids is 1. The van der Waals surface area contributed by atoms with Crippen LogP contribution in [0.4, 0.5) is 5.69 Å². The number of nitrogens with one attached hydrogen (secondary N) is 1. The molecule has 0 saturated heterocycles. The van der Waals surface area contributed by atoms with E-state index in [9.17, 15) is 13.2 Å². The smallest absolute Gasteiger partial charge is 0.244 e. The first kappa shape index (κ1) is 21.5. The summed E-state index contributed by atoms with van der Waals surface area (Å²) in [7, 11) is -2.06. The van der Waals surface area contributed by atoms with Crippen molar-refractivity contribution in [3.63, 3.8) is 0 Å². The van der Waals surface area contributed by atoms with E-state index in [1.54, 1.807) is 31.4 Å². The van der Waals surface area contributed by atoms with Crippen LogP contribution in [0.25, 0.3) is 0 Å². The van der Waals surface area contributed by atoms with Crippen molar-refractivity contribution in [2.75, 3.05) is 17.7 Å². The maximum absolute atomic E-state index is 13.0. The van der Waals surface area contributed by atoms with Crippen LogP contribution < -0.4 is 14.4 Å². The SMILES string of the molecule is CC[C@@H](C(=O)NC1CCCCCCC1)N(c1ccc(OC)cc1)S(C)(=O)=O. The highest BCUT2D eigenvalue weighted by atomic mass is 32.2. The highest BCUT2D eigenvalue weighted by Gasteiger charge is 2.32. The van der Waals surface area contributed by atoms with Crippen LogP contribution in [-0.2, 0) is 14.8 Å². The molecule has 1 atom stereocenters. The molecule has 6 nitrogen and oxygen atoms in total. The molecule has 152 valence electrons. The number of amides is 1. The van der Waals surface area contributed by atoms with E-state index in [-0.39, 0.29) is 11.9 Å². The summed E-state index contributed by atoms with van der Waals surface area (Å²) in [5, 5.41) is 3.11. The number of rotatable bonds is 7. The van der Waals surface area contributed by atoms with Gasteiger partial charge in [0.25, 0.3) is 0 Å². The number of methoxy groups -OCH3 is 1. The lowest BCUT2D eigenvalue weighted by molar-refractivity contribution is -0.123. The van der Waals surface area contributed by atoms with Crippen LogP contribution in [0.2, 0.25) is 0 Å². The molecule has 0 heterocycles. The Balaban J connectivity index is 2.21. The van der Waals surface area contributed by atoms with E-state index in [0.29, 0.717) is 17.9 Å². The van der Waals surface area contributed by atoms with Crippen molar-refractivity contribution in [2.24, 2.45) is 0 Å². The molecule has 27 heavy (non-hydrogen) atoms. The van der Waals surface area contributed by atoms with Gasteiger partial charge in [-0.25, -0.2) is 8.42 Å². The Hall–Kier alpha value is -1.76. The van der Waals surface area contributed by atoms with Crippen molar-refractivity contribution in [3.8, 4) is 5.75 Å². The van der Waals surface area contributed by atoms with Gasteiger partial charge in [0, 0.05) is 6.04 Å². The molecule has 1 aromatic carbocycles. The second kappa shape index (κ2) is 9.97. The Morgan fingerprint density at radius 1 is 1.15 bits per heavy atom. The largest absolute Gasteiger partial charge is 0.497 e. The van der Waals surface area contributed by atoms with E-state index in [4.69, 9.17) is 4.74 Å². The summed E-state index contributed by atoms with van der Waals surface area (Å²) in [5.74, 6) is 0.420. The zero-order chi connectivity index (χ0) is 19.9. The molecule has 1 aromatic rings. The molecule has 1 saturated carbocycles. The Bertz CT molecular complexity index is 695. The monoisotopic (exact) mass is 396 g/mol. The molecule has 1 aliphatic rings. The number of anilines is 1. The molecule has 1 amide bonds. The van der Waals surface area contributed by atoms with E-state index in [0.717, 1.165) is 31.9 Å². The molecule has 0 spiro atoms. The molecule has 0 radical (unpaired) electrons. The first-order valence-electron chi connectivity index (χ1n) is 9.80. The van der Waals surface area contributed by atoms with E-state index >= 15 is 0 Å². The first-order chi connectivity index (χ1) is 12.9. The highest BCUT2D eigenvalue weighted by molar-refractivity contribution is 7.92. The Morgan fingerprint density at radius 3 is 2.19 bits per heavy atom. The Morgan fingerprint density at radius 2 is 1.70 bits per heavy atom. The second-order valence-electron chi connectivity index (χ2n) is 7.23. The third-order valence-electron chi connectivity index (χ3n) is 5.11. The summed E-state index contributed by atoms with van der Waals surface area (Å²) in [6.07, 6.45) is 9.34. The summed E-state index contributed by atoms with van der Waals surface area (Å²) in [6.45, 7) is 1.84. The average Bonchev–Trinajstić information content (AvgIpc) is 2.60. The van der Waals surface area contributed by atoms with Gasteiger partial charge in [-0.2, -0.15) is 0 Å². The van der Waals surface area contributed by atoms with Crippen LogP contribution in [0.1, 0.15) is 58.3 Å². The molecule has 2 rings (SSSR count). The molecule has 1 fully saturated rings. The molecular formula is C20H32N2O4S. The zero-order valence-electron chi connectivity index (χ0n) is 16.6. The maximum atomic E-state index is 13.0. The number of benzene rings is 1. The first-order valence-corrected chi connectivity index (χ1v) is 11.7. The Labute approximate surface area is 163 Å². The normalized spacial score (nSPS) is 17.4. The van der Waals surface area contributed by atoms with Crippen LogP contribution in [-0.4, -0.2) is 39.8 Å². The average molecular weight is 397 g/mol. The maximum Gasteiger partial charge on any atom is 0.244 e. The fraction of sp³-hybridized carbons (Fsp3) is 0.650. The van der Waals surface area contributed by atoms with E-state index in [1.807, 2.05) is 6.92 Å². The Kier molecular flexibility index (Phi) is 7.95. The minimum Gasteiger partial charge on any atom is -0.497 e. The van der Waals surface area contributed by atoms with Crippen molar-refractivity contribution in [3.05, 3.63) is 24.3 Å². The summed E-state index contributed by atoms with van der Waals surface area (Å²) < 4.78 is 31.4. The molecular weight excluding hydrogens is 364 g/mol. The van der Waals surface area contributed by atoms with Gasteiger partial charge in [0.2, 0.25) is 15.9 Å². The predicted molar refractivity (Wildman–Crippen MR) is 109 cm³/mol. The van der Waals surface area contributed by atoms with Crippen LogP contribution in [0.5, 0.6) is 5.75 Å². The van der Waals surface area contributed by atoms with Crippen LogP contribution >= 0.6 is 0 Å². The summed E-state index contributed by atoms with van der Waals surface area (Å²) in [5.41, 5.74) is 0.470. The summed E-state index contributed by atoms with van der Waals surface area (Å²) >= 11 is 0. The van der Waals surface area contributed by atoms with Gasteiger partial charge in [-0.1, -0.05) is 39.0 Å². The van der Waals surface area contributed by atoms with E-state index in [2.05, 4.69) is 5.32 Å². The number of carbonyl (C=O) groups is 1.